The molecular weight excluding hydrogens is 286 g/mol. The van der Waals surface area contributed by atoms with Crippen molar-refractivity contribution in [2.75, 3.05) is 0 Å². The minimum absolute atomic E-state index is 0.0508. The zero-order chi connectivity index (χ0) is 17.3. The van der Waals surface area contributed by atoms with Crippen molar-refractivity contribution in [1.82, 2.24) is 5.32 Å². The minimum atomic E-state index is -0.117. The van der Waals surface area contributed by atoms with E-state index in [0.29, 0.717) is 23.5 Å². The van der Waals surface area contributed by atoms with Crippen LogP contribution in [0.25, 0.3) is 0 Å². The Kier molecular flexibility index (Phi) is 5.58. The lowest BCUT2D eigenvalue weighted by atomic mass is 9.62. The summed E-state index contributed by atoms with van der Waals surface area (Å²) in [5.74, 6) is 2.28. The van der Waals surface area contributed by atoms with Crippen LogP contribution in [0.5, 0.6) is 0 Å². The number of nitrogens with one attached hydrogen (secondary N) is 1. The van der Waals surface area contributed by atoms with Crippen LogP contribution < -0.4 is 5.32 Å². The average Bonchev–Trinajstić information content (AvgIpc) is 2.75. The molecule has 0 aromatic carbocycles. The molecule has 1 N–H and O–H groups in total. The van der Waals surface area contributed by atoms with E-state index in [1.807, 2.05) is 0 Å². The topological polar surface area (TPSA) is 46.2 Å². The van der Waals surface area contributed by atoms with E-state index < -0.39 is 0 Å². The van der Waals surface area contributed by atoms with Crippen LogP contribution in [-0.2, 0) is 9.59 Å². The van der Waals surface area contributed by atoms with Crippen molar-refractivity contribution >= 4 is 11.7 Å². The van der Waals surface area contributed by atoms with E-state index in [-0.39, 0.29) is 16.9 Å². The maximum absolute atomic E-state index is 12.3. The number of carbonyl (C=O) groups is 2. The first-order chi connectivity index (χ1) is 10.7. The van der Waals surface area contributed by atoms with Crippen LogP contribution in [0.1, 0.15) is 86.0 Å². The molecule has 2 unspecified atom stereocenters. The number of amides is 1. The lowest BCUT2D eigenvalue weighted by Gasteiger charge is -2.42. The fourth-order valence-electron chi connectivity index (χ4n) is 5.51. The molecule has 0 radical (unpaired) electrons. The lowest BCUT2D eigenvalue weighted by Crippen LogP contribution is -2.42. The van der Waals surface area contributed by atoms with Crippen LogP contribution in [0.3, 0.4) is 0 Å². The highest BCUT2D eigenvalue weighted by molar-refractivity contribution is 5.83. The number of fused-ring (bicyclic) bond motifs is 1. The lowest BCUT2D eigenvalue weighted by molar-refractivity contribution is -0.130. The van der Waals surface area contributed by atoms with Crippen molar-refractivity contribution in [2.24, 2.45) is 23.2 Å². The van der Waals surface area contributed by atoms with Crippen molar-refractivity contribution in [2.45, 2.75) is 91.5 Å². The van der Waals surface area contributed by atoms with Gasteiger partial charge in [-0.05, 0) is 63.2 Å². The van der Waals surface area contributed by atoms with Crippen molar-refractivity contribution in [1.29, 1.82) is 0 Å². The zero-order valence-electron chi connectivity index (χ0n) is 15.7. The quantitative estimate of drug-likeness (QED) is 0.783. The SMILES string of the molecule is CC(=O)NC(C)(C)CCC[C@@H](C)C1CCC2C(=O)CCC[C@@]21C. The van der Waals surface area contributed by atoms with E-state index in [9.17, 15) is 9.59 Å². The number of hydrogen-bond donors (Lipinski definition) is 1. The standard InChI is InChI=1S/C20H35NO2/c1-14(8-6-12-19(3,4)21-15(2)22)16-10-11-17-18(23)9-7-13-20(16,17)5/h14,16-17H,6-13H2,1-5H3,(H,21,22)/t14-,16?,17?,20-/m1/s1. The van der Waals surface area contributed by atoms with Gasteiger partial charge >= 0.3 is 0 Å². The van der Waals surface area contributed by atoms with Gasteiger partial charge in [0.2, 0.25) is 5.91 Å². The number of Topliss-reactive ketones (excluding diaryl/α,β-unsaturated/α-hetero) is 1. The highest BCUT2D eigenvalue weighted by atomic mass is 16.1. The Balaban J connectivity index is 1.88. The van der Waals surface area contributed by atoms with Crippen molar-refractivity contribution in [3.63, 3.8) is 0 Å². The maximum atomic E-state index is 12.3. The Morgan fingerprint density at radius 3 is 2.74 bits per heavy atom. The number of carbonyl (C=O) groups excluding carboxylic acids is 2. The largest absolute Gasteiger partial charge is 0.351 e. The van der Waals surface area contributed by atoms with Gasteiger partial charge in [-0.15, -0.1) is 0 Å². The summed E-state index contributed by atoms with van der Waals surface area (Å²) >= 11 is 0. The Morgan fingerprint density at radius 1 is 1.39 bits per heavy atom. The molecule has 0 aromatic heterocycles. The van der Waals surface area contributed by atoms with Crippen LogP contribution in [0.4, 0.5) is 0 Å². The van der Waals surface area contributed by atoms with Crippen LogP contribution in [0.2, 0.25) is 0 Å². The van der Waals surface area contributed by atoms with Crippen molar-refractivity contribution in [3.05, 3.63) is 0 Å². The van der Waals surface area contributed by atoms with Gasteiger partial charge in [-0.3, -0.25) is 9.59 Å². The fraction of sp³-hybridized carbons (Fsp3) is 0.900. The molecule has 2 saturated carbocycles. The molecule has 2 aliphatic rings. The van der Waals surface area contributed by atoms with E-state index in [2.05, 4.69) is 33.0 Å². The van der Waals surface area contributed by atoms with Gasteiger partial charge in [0.25, 0.3) is 0 Å². The summed E-state index contributed by atoms with van der Waals surface area (Å²) in [6.07, 6.45) is 8.82. The molecular formula is C20H35NO2. The highest BCUT2D eigenvalue weighted by Crippen LogP contribution is 2.57. The van der Waals surface area contributed by atoms with Gasteiger partial charge in [0.1, 0.15) is 5.78 Å². The van der Waals surface area contributed by atoms with Gasteiger partial charge in [-0.25, -0.2) is 0 Å². The molecule has 2 fully saturated rings. The smallest absolute Gasteiger partial charge is 0.217 e. The highest BCUT2D eigenvalue weighted by Gasteiger charge is 2.52. The van der Waals surface area contributed by atoms with Crippen LogP contribution in [-0.4, -0.2) is 17.2 Å². The second kappa shape index (κ2) is 6.94. The molecule has 4 atom stereocenters. The van der Waals surface area contributed by atoms with Gasteiger partial charge in [0.15, 0.2) is 0 Å². The van der Waals surface area contributed by atoms with E-state index in [1.165, 1.54) is 19.3 Å². The number of rotatable bonds is 6. The molecule has 0 aliphatic heterocycles. The van der Waals surface area contributed by atoms with Gasteiger partial charge in [0.05, 0.1) is 0 Å². The van der Waals surface area contributed by atoms with E-state index in [1.54, 1.807) is 6.92 Å². The molecule has 0 heterocycles. The number of hydrogen-bond acceptors (Lipinski definition) is 2. The normalized spacial score (nSPS) is 32.5. The van der Waals surface area contributed by atoms with Gasteiger partial charge < -0.3 is 5.32 Å². The van der Waals surface area contributed by atoms with Crippen LogP contribution >= 0.6 is 0 Å². The molecule has 132 valence electrons. The third kappa shape index (κ3) is 4.16. The Bertz CT molecular complexity index is 457. The van der Waals surface area contributed by atoms with Crippen molar-refractivity contribution in [3.8, 4) is 0 Å². The monoisotopic (exact) mass is 321 g/mol. The molecule has 0 saturated heterocycles. The summed E-state index contributed by atoms with van der Waals surface area (Å²) in [5, 5.41) is 3.04. The predicted molar refractivity (Wildman–Crippen MR) is 94.1 cm³/mol. The first-order valence-corrected chi connectivity index (χ1v) is 9.47. The van der Waals surface area contributed by atoms with E-state index in [0.717, 1.165) is 32.1 Å². The number of ketones is 1. The summed E-state index contributed by atoms with van der Waals surface area (Å²) in [6.45, 7) is 10.6. The summed E-state index contributed by atoms with van der Waals surface area (Å²) in [6, 6.07) is 0. The average molecular weight is 322 g/mol. The summed E-state index contributed by atoms with van der Waals surface area (Å²) in [4.78, 5) is 23.5. The zero-order valence-corrected chi connectivity index (χ0v) is 15.7. The first-order valence-electron chi connectivity index (χ1n) is 9.47. The van der Waals surface area contributed by atoms with E-state index in [4.69, 9.17) is 0 Å². The summed E-state index contributed by atoms with van der Waals surface area (Å²) < 4.78 is 0. The second-order valence-corrected chi connectivity index (χ2v) is 9.00. The molecule has 23 heavy (non-hydrogen) atoms. The van der Waals surface area contributed by atoms with Crippen LogP contribution in [0, 0.1) is 23.2 Å². The third-order valence-electron chi connectivity index (χ3n) is 6.60. The molecule has 0 spiro atoms. The second-order valence-electron chi connectivity index (χ2n) is 9.00. The van der Waals surface area contributed by atoms with Gasteiger partial charge in [0, 0.05) is 24.8 Å². The molecule has 2 rings (SSSR count). The van der Waals surface area contributed by atoms with Crippen LogP contribution in [0.15, 0.2) is 0 Å². The minimum Gasteiger partial charge on any atom is -0.351 e. The Hall–Kier alpha value is -0.860. The first kappa shape index (κ1) is 18.5. The predicted octanol–water partition coefficient (Wildman–Crippen LogP) is 4.49. The molecule has 0 bridgehead atoms. The molecule has 1 amide bonds. The molecule has 3 nitrogen and oxygen atoms in total. The Labute approximate surface area is 142 Å². The molecule has 2 aliphatic carbocycles. The maximum Gasteiger partial charge on any atom is 0.217 e. The van der Waals surface area contributed by atoms with Gasteiger partial charge in [-0.1, -0.05) is 26.7 Å². The fourth-order valence-corrected chi connectivity index (χ4v) is 5.51. The van der Waals surface area contributed by atoms with Crippen molar-refractivity contribution < 1.29 is 9.59 Å². The summed E-state index contributed by atoms with van der Waals surface area (Å²) in [5.41, 5.74) is 0.135. The van der Waals surface area contributed by atoms with Gasteiger partial charge in [-0.2, -0.15) is 0 Å². The Morgan fingerprint density at radius 2 is 2.09 bits per heavy atom. The molecule has 0 aromatic rings. The van der Waals surface area contributed by atoms with E-state index >= 15 is 0 Å². The third-order valence-corrected chi connectivity index (χ3v) is 6.60. The molecule has 3 heteroatoms. The summed E-state index contributed by atoms with van der Waals surface area (Å²) in [7, 11) is 0.